The second-order valence-electron chi connectivity index (χ2n) is 4.71. The van der Waals surface area contributed by atoms with E-state index >= 15 is 0 Å². The highest BCUT2D eigenvalue weighted by atomic mass is 35.5. The molecule has 0 saturated heterocycles. The molecule has 108 valence electrons. The van der Waals surface area contributed by atoms with Gasteiger partial charge in [-0.25, -0.2) is 9.37 Å². The van der Waals surface area contributed by atoms with Crippen LogP contribution in [-0.4, -0.2) is 9.97 Å². The van der Waals surface area contributed by atoms with Crippen LogP contribution in [0.1, 0.15) is 17.4 Å². The Labute approximate surface area is 130 Å². The van der Waals surface area contributed by atoms with Crippen molar-refractivity contribution in [3.05, 3.63) is 45.8 Å². The van der Waals surface area contributed by atoms with E-state index in [2.05, 4.69) is 22.2 Å². The molecule has 0 radical (unpaired) electrons. The molecule has 0 aliphatic heterocycles. The highest BCUT2D eigenvalue weighted by molar-refractivity contribution is 7.18. The van der Waals surface area contributed by atoms with Gasteiger partial charge in [0.1, 0.15) is 16.5 Å². The van der Waals surface area contributed by atoms with Crippen molar-refractivity contribution in [1.82, 2.24) is 9.97 Å². The summed E-state index contributed by atoms with van der Waals surface area (Å²) in [4.78, 5) is 10.5. The van der Waals surface area contributed by atoms with Gasteiger partial charge in [0.05, 0.1) is 5.39 Å². The molecule has 3 rings (SSSR count). The second-order valence-corrected chi connectivity index (χ2v) is 6.16. The Hall–Kier alpha value is -1.72. The molecular weight excluding hydrogens is 309 g/mol. The summed E-state index contributed by atoms with van der Waals surface area (Å²) >= 11 is 7.58. The zero-order chi connectivity index (χ0) is 15.0. The van der Waals surface area contributed by atoms with Gasteiger partial charge in [0.25, 0.3) is 0 Å². The first-order valence-corrected chi connectivity index (χ1v) is 7.75. The van der Waals surface area contributed by atoms with E-state index in [-0.39, 0.29) is 11.1 Å². The molecule has 0 bridgehead atoms. The number of nitrogens with zero attached hydrogens (tertiary/aromatic N) is 2. The molecule has 0 aliphatic carbocycles. The van der Waals surface area contributed by atoms with Crippen LogP contribution in [0, 0.1) is 12.7 Å². The van der Waals surface area contributed by atoms with E-state index in [1.54, 1.807) is 17.4 Å². The van der Waals surface area contributed by atoms with Gasteiger partial charge in [-0.2, -0.15) is 4.98 Å². The third-order valence-electron chi connectivity index (χ3n) is 3.22. The summed E-state index contributed by atoms with van der Waals surface area (Å²) in [6, 6.07) is 6.66. The third kappa shape index (κ3) is 2.84. The van der Waals surface area contributed by atoms with Crippen molar-refractivity contribution < 1.29 is 4.39 Å². The number of fused-ring (bicyclic) bond motifs is 1. The fourth-order valence-corrected chi connectivity index (χ4v) is 3.26. The maximum Gasteiger partial charge on any atom is 0.225 e. The number of rotatable bonds is 3. The lowest BCUT2D eigenvalue weighted by Crippen LogP contribution is -1.98. The molecule has 3 aromatic rings. The lowest BCUT2D eigenvalue weighted by molar-refractivity contribution is 0.628. The summed E-state index contributed by atoms with van der Waals surface area (Å²) in [6.45, 7) is 4.00. The summed E-state index contributed by atoms with van der Waals surface area (Å²) in [5.41, 5.74) is 1.61. The Morgan fingerprint density at radius 3 is 2.86 bits per heavy atom. The van der Waals surface area contributed by atoms with Crippen molar-refractivity contribution in [3.8, 4) is 0 Å². The average molecular weight is 322 g/mol. The van der Waals surface area contributed by atoms with Crippen LogP contribution in [0.2, 0.25) is 5.28 Å². The van der Waals surface area contributed by atoms with Crippen LogP contribution < -0.4 is 5.32 Å². The molecule has 0 saturated carbocycles. The van der Waals surface area contributed by atoms with Gasteiger partial charge in [-0.1, -0.05) is 13.0 Å². The van der Waals surface area contributed by atoms with Crippen LogP contribution in [-0.2, 0) is 6.42 Å². The van der Waals surface area contributed by atoms with Crippen LogP contribution >= 0.6 is 22.9 Å². The van der Waals surface area contributed by atoms with Gasteiger partial charge >= 0.3 is 0 Å². The van der Waals surface area contributed by atoms with Crippen LogP contribution in [0.5, 0.6) is 0 Å². The van der Waals surface area contributed by atoms with Gasteiger partial charge in [-0.3, -0.25) is 0 Å². The molecule has 0 amide bonds. The Morgan fingerprint density at radius 2 is 2.10 bits per heavy atom. The Kier molecular flexibility index (Phi) is 3.78. The van der Waals surface area contributed by atoms with Gasteiger partial charge < -0.3 is 5.32 Å². The first-order valence-electron chi connectivity index (χ1n) is 6.56. The molecule has 0 spiro atoms. The minimum absolute atomic E-state index is 0.184. The van der Waals surface area contributed by atoms with Crippen LogP contribution in [0.4, 0.5) is 15.9 Å². The van der Waals surface area contributed by atoms with Crippen molar-refractivity contribution >= 4 is 44.7 Å². The molecule has 3 nitrogen and oxygen atoms in total. The lowest BCUT2D eigenvalue weighted by Gasteiger charge is -2.10. The largest absolute Gasteiger partial charge is 0.339 e. The smallest absolute Gasteiger partial charge is 0.225 e. The number of anilines is 2. The SMILES string of the molecule is CCc1cc2c(Nc3cc(F)ccc3C)nc(Cl)nc2s1. The van der Waals surface area contributed by atoms with Crippen LogP contribution in [0.15, 0.2) is 24.3 Å². The normalized spacial score (nSPS) is 11.0. The molecular formula is C15H13ClFN3S. The molecule has 21 heavy (non-hydrogen) atoms. The zero-order valence-electron chi connectivity index (χ0n) is 11.6. The standard InChI is InChI=1S/C15H13ClFN3S/c1-3-10-7-11-13(19-15(16)20-14(11)21-10)18-12-6-9(17)5-4-8(12)2/h4-7H,3H2,1-2H3,(H,18,19,20). The minimum Gasteiger partial charge on any atom is -0.339 e. The van der Waals surface area contributed by atoms with E-state index in [4.69, 9.17) is 11.6 Å². The first kappa shape index (κ1) is 14.2. The summed E-state index contributed by atoms with van der Waals surface area (Å²) in [6.07, 6.45) is 0.928. The minimum atomic E-state index is -0.293. The van der Waals surface area contributed by atoms with Crippen LogP contribution in [0.25, 0.3) is 10.2 Å². The van der Waals surface area contributed by atoms with Crippen molar-refractivity contribution in [2.75, 3.05) is 5.32 Å². The summed E-state index contributed by atoms with van der Waals surface area (Å²) < 4.78 is 13.4. The molecule has 1 N–H and O–H groups in total. The number of halogens is 2. The molecule has 6 heteroatoms. The maximum absolute atomic E-state index is 13.4. The van der Waals surface area contributed by atoms with Gasteiger partial charge in [-0.05, 0) is 48.7 Å². The highest BCUT2D eigenvalue weighted by Crippen LogP contribution is 2.32. The quantitative estimate of drug-likeness (QED) is 0.682. The number of nitrogens with one attached hydrogen (secondary N) is 1. The van der Waals surface area contributed by atoms with Crippen molar-refractivity contribution in [3.63, 3.8) is 0 Å². The second kappa shape index (κ2) is 5.58. The molecule has 2 aromatic heterocycles. The predicted octanol–water partition coefficient (Wildman–Crippen LogP) is 5.10. The van der Waals surface area contributed by atoms with Gasteiger partial charge in [-0.15, -0.1) is 11.3 Å². The molecule has 0 fully saturated rings. The maximum atomic E-state index is 13.4. The number of hydrogen-bond acceptors (Lipinski definition) is 4. The topological polar surface area (TPSA) is 37.8 Å². The van der Waals surface area contributed by atoms with Crippen molar-refractivity contribution in [2.45, 2.75) is 20.3 Å². The first-order chi connectivity index (χ1) is 10.1. The van der Waals surface area contributed by atoms with Crippen molar-refractivity contribution in [1.29, 1.82) is 0 Å². The number of thiophene rings is 1. The summed E-state index contributed by atoms with van der Waals surface area (Å²) in [5.74, 6) is 0.314. The summed E-state index contributed by atoms with van der Waals surface area (Å²) in [7, 11) is 0. The van der Waals surface area contributed by atoms with Gasteiger partial charge in [0.15, 0.2) is 0 Å². The Balaban J connectivity index is 2.11. The number of aryl methyl sites for hydroxylation is 2. The lowest BCUT2D eigenvalue weighted by atomic mass is 10.2. The number of benzene rings is 1. The van der Waals surface area contributed by atoms with Crippen molar-refractivity contribution in [2.24, 2.45) is 0 Å². The van der Waals surface area contributed by atoms with E-state index in [1.807, 2.05) is 13.0 Å². The predicted molar refractivity (Wildman–Crippen MR) is 86.2 cm³/mol. The van der Waals surface area contributed by atoms with E-state index in [1.165, 1.54) is 17.0 Å². The van der Waals surface area contributed by atoms with E-state index < -0.39 is 0 Å². The molecule has 2 heterocycles. The average Bonchev–Trinajstić information content (AvgIpc) is 2.86. The Morgan fingerprint density at radius 1 is 1.29 bits per heavy atom. The Bertz CT molecular complexity index is 816. The monoisotopic (exact) mass is 321 g/mol. The number of aromatic nitrogens is 2. The number of hydrogen-bond donors (Lipinski definition) is 1. The van der Waals surface area contributed by atoms with E-state index in [0.717, 1.165) is 22.2 Å². The fraction of sp³-hybridized carbons (Fsp3) is 0.200. The van der Waals surface area contributed by atoms with E-state index in [0.29, 0.717) is 11.5 Å². The third-order valence-corrected chi connectivity index (χ3v) is 4.56. The molecule has 0 unspecified atom stereocenters. The van der Waals surface area contributed by atoms with E-state index in [9.17, 15) is 4.39 Å². The molecule has 1 aromatic carbocycles. The summed E-state index contributed by atoms with van der Waals surface area (Å²) in [5, 5.41) is 4.26. The van der Waals surface area contributed by atoms with Crippen LogP contribution in [0.3, 0.4) is 0 Å². The molecule has 0 atom stereocenters. The fourth-order valence-electron chi connectivity index (χ4n) is 2.07. The molecule has 0 aliphatic rings. The highest BCUT2D eigenvalue weighted by Gasteiger charge is 2.12. The van der Waals surface area contributed by atoms with Gasteiger partial charge in [0, 0.05) is 10.6 Å². The van der Waals surface area contributed by atoms with Gasteiger partial charge in [0.2, 0.25) is 5.28 Å². The zero-order valence-corrected chi connectivity index (χ0v) is 13.1.